The number of likely N-dealkylation sites (tertiary alicyclic amines) is 2. The predicted molar refractivity (Wildman–Crippen MR) is 120 cm³/mol. The van der Waals surface area contributed by atoms with E-state index in [1.165, 1.54) is 51.9 Å². The molecule has 3 aliphatic heterocycles. The number of hydrogen-bond donors (Lipinski definition) is 0. The van der Waals surface area contributed by atoms with Crippen LogP contribution in [0, 0.1) is 34.5 Å². The molecule has 2 unspecified atom stereocenters. The van der Waals surface area contributed by atoms with Crippen LogP contribution in [0.1, 0.15) is 52.4 Å². The molecule has 0 bridgehead atoms. The van der Waals surface area contributed by atoms with E-state index in [1.807, 2.05) is 0 Å². The van der Waals surface area contributed by atoms with Gasteiger partial charge in [0.05, 0.1) is 0 Å². The highest BCUT2D eigenvalue weighted by Crippen LogP contribution is 2.24. The fraction of sp³-hybridized carbons (Fsp3) is 0.833. The van der Waals surface area contributed by atoms with E-state index in [4.69, 9.17) is 0 Å². The Bertz CT molecular complexity index is 628. The summed E-state index contributed by atoms with van der Waals surface area (Å²) < 4.78 is 0. The van der Waals surface area contributed by atoms with Crippen molar-refractivity contribution in [2.75, 3.05) is 65.4 Å². The fourth-order valence-electron chi connectivity index (χ4n) is 5.66. The van der Waals surface area contributed by atoms with E-state index in [0.29, 0.717) is 0 Å². The molecule has 3 rings (SSSR count). The second kappa shape index (κ2) is 11.6. The summed E-state index contributed by atoms with van der Waals surface area (Å²) in [5, 5.41) is 19.1. The first-order chi connectivity index (χ1) is 14.6. The third-order valence-electron chi connectivity index (χ3n) is 6.88. The summed E-state index contributed by atoms with van der Waals surface area (Å²) in [6, 6.07) is 4.32. The molecule has 0 aromatic carbocycles. The molecule has 0 radical (unpaired) electrons. The van der Waals surface area contributed by atoms with E-state index in [2.05, 4.69) is 45.6 Å². The van der Waals surface area contributed by atoms with Crippen LogP contribution in [0.3, 0.4) is 0 Å². The Balaban J connectivity index is 1.50. The summed E-state index contributed by atoms with van der Waals surface area (Å²) in [7, 11) is 0. The Kier molecular flexibility index (Phi) is 8.85. The zero-order valence-corrected chi connectivity index (χ0v) is 19.2. The Labute approximate surface area is 183 Å². The van der Waals surface area contributed by atoms with E-state index in [-0.39, 0.29) is 5.57 Å². The van der Waals surface area contributed by atoms with Crippen molar-refractivity contribution in [2.24, 2.45) is 11.8 Å². The van der Waals surface area contributed by atoms with Crippen molar-refractivity contribution in [3.8, 4) is 12.1 Å². The minimum atomic E-state index is 0.283. The van der Waals surface area contributed by atoms with Crippen LogP contribution < -0.4 is 0 Å². The minimum Gasteiger partial charge on any atom is -0.355 e. The van der Waals surface area contributed by atoms with Crippen molar-refractivity contribution in [2.45, 2.75) is 52.4 Å². The van der Waals surface area contributed by atoms with Gasteiger partial charge in [0.15, 0.2) is 5.57 Å². The quantitative estimate of drug-likeness (QED) is 0.571. The average Bonchev–Trinajstić information content (AvgIpc) is 3.12. The molecule has 0 saturated carbocycles. The predicted octanol–water partition coefficient (Wildman–Crippen LogP) is 3.11. The molecular formula is C24H40N6. The number of piperidine rings is 2. The fourth-order valence-corrected chi connectivity index (χ4v) is 5.66. The van der Waals surface area contributed by atoms with Crippen molar-refractivity contribution >= 4 is 0 Å². The van der Waals surface area contributed by atoms with Crippen molar-refractivity contribution in [1.82, 2.24) is 19.6 Å². The molecule has 30 heavy (non-hydrogen) atoms. The monoisotopic (exact) mass is 412 g/mol. The highest BCUT2D eigenvalue weighted by atomic mass is 15.4. The average molecular weight is 413 g/mol. The number of hydrogen-bond acceptors (Lipinski definition) is 6. The van der Waals surface area contributed by atoms with Crippen molar-refractivity contribution in [3.05, 3.63) is 11.4 Å². The summed E-state index contributed by atoms with van der Waals surface area (Å²) in [4.78, 5) is 9.75. The molecule has 3 saturated heterocycles. The number of nitrogens with zero attached hydrogens (tertiary/aromatic N) is 6. The smallest absolute Gasteiger partial charge is 0.169 e. The van der Waals surface area contributed by atoms with Crippen molar-refractivity contribution < 1.29 is 0 Å². The van der Waals surface area contributed by atoms with Gasteiger partial charge in [0.1, 0.15) is 18.0 Å². The third kappa shape index (κ3) is 6.37. The van der Waals surface area contributed by atoms with Gasteiger partial charge >= 0.3 is 0 Å². The Morgan fingerprint density at radius 1 is 0.767 bits per heavy atom. The van der Waals surface area contributed by atoms with E-state index in [9.17, 15) is 10.5 Å². The maximum absolute atomic E-state index is 9.54. The van der Waals surface area contributed by atoms with Crippen LogP contribution in [-0.2, 0) is 0 Å². The normalized spacial score (nSPS) is 25.9. The van der Waals surface area contributed by atoms with Crippen LogP contribution in [0.2, 0.25) is 0 Å². The first kappa shape index (κ1) is 22.9. The van der Waals surface area contributed by atoms with Crippen LogP contribution >= 0.6 is 0 Å². The lowest BCUT2D eigenvalue weighted by atomic mass is 9.92. The third-order valence-corrected chi connectivity index (χ3v) is 6.88. The Morgan fingerprint density at radius 2 is 1.30 bits per heavy atom. The molecule has 2 atom stereocenters. The molecule has 3 aliphatic rings. The first-order valence-electron chi connectivity index (χ1n) is 12.1. The number of rotatable bonds is 8. The van der Waals surface area contributed by atoms with Gasteiger partial charge in [0.2, 0.25) is 0 Å². The van der Waals surface area contributed by atoms with E-state index in [1.54, 1.807) is 0 Å². The van der Waals surface area contributed by atoms with Crippen LogP contribution in [0.25, 0.3) is 0 Å². The molecule has 0 amide bonds. The Hall–Kier alpha value is -1.76. The van der Waals surface area contributed by atoms with Gasteiger partial charge in [-0.25, -0.2) is 0 Å². The lowest BCUT2D eigenvalue weighted by Gasteiger charge is -2.35. The summed E-state index contributed by atoms with van der Waals surface area (Å²) >= 11 is 0. The molecule has 0 spiro atoms. The second-order valence-electron chi connectivity index (χ2n) is 9.71. The summed E-state index contributed by atoms with van der Waals surface area (Å²) in [6.07, 6.45) is 7.55. The summed E-state index contributed by atoms with van der Waals surface area (Å²) in [5.74, 6) is 2.46. The van der Waals surface area contributed by atoms with E-state index >= 15 is 0 Å². The molecule has 6 heteroatoms. The molecule has 0 N–H and O–H groups in total. The molecule has 0 aliphatic carbocycles. The van der Waals surface area contributed by atoms with Gasteiger partial charge in [-0.2, -0.15) is 10.5 Å². The second-order valence-corrected chi connectivity index (χ2v) is 9.71. The Morgan fingerprint density at radius 3 is 1.83 bits per heavy atom. The lowest BCUT2D eigenvalue weighted by Crippen LogP contribution is -2.40. The largest absolute Gasteiger partial charge is 0.355 e. The van der Waals surface area contributed by atoms with Crippen LogP contribution in [0.5, 0.6) is 0 Å². The molecule has 166 valence electrons. The van der Waals surface area contributed by atoms with Crippen molar-refractivity contribution in [1.29, 1.82) is 10.5 Å². The highest BCUT2D eigenvalue weighted by molar-refractivity contribution is 5.40. The van der Waals surface area contributed by atoms with Gasteiger partial charge in [0, 0.05) is 39.3 Å². The molecule has 3 fully saturated rings. The topological polar surface area (TPSA) is 60.5 Å². The van der Waals surface area contributed by atoms with Crippen LogP contribution in [-0.4, -0.2) is 85.0 Å². The number of allylic oxidation sites excluding steroid dienone is 1. The molecular weight excluding hydrogens is 372 g/mol. The van der Waals surface area contributed by atoms with E-state index < -0.39 is 0 Å². The van der Waals surface area contributed by atoms with Gasteiger partial charge in [-0.15, -0.1) is 0 Å². The lowest BCUT2D eigenvalue weighted by molar-refractivity contribution is 0.136. The van der Waals surface area contributed by atoms with Gasteiger partial charge < -0.3 is 19.6 Å². The first-order valence-corrected chi connectivity index (χ1v) is 12.1. The van der Waals surface area contributed by atoms with Gasteiger partial charge in [-0.05, 0) is 70.1 Å². The zero-order chi connectivity index (χ0) is 21.3. The molecule has 6 nitrogen and oxygen atoms in total. The zero-order valence-electron chi connectivity index (χ0n) is 19.2. The summed E-state index contributed by atoms with van der Waals surface area (Å²) in [5.41, 5.74) is 0.283. The molecule has 3 heterocycles. The number of nitriles is 2. The maximum atomic E-state index is 9.54. The van der Waals surface area contributed by atoms with Crippen LogP contribution in [0.15, 0.2) is 11.4 Å². The van der Waals surface area contributed by atoms with Gasteiger partial charge in [-0.1, -0.05) is 20.3 Å². The minimum absolute atomic E-state index is 0.283. The van der Waals surface area contributed by atoms with Gasteiger partial charge in [-0.3, -0.25) is 0 Å². The van der Waals surface area contributed by atoms with Crippen LogP contribution in [0.4, 0.5) is 0 Å². The van der Waals surface area contributed by atoms with Crippen molar-refractivity contribution in [3.63, 3.8) is 0 Å². The molecule has 0 aromatic rings. The SMILES string of the molecule is CC1CC(C)CN(CCCN2CCN(CCCN3CCCCC3)C2=C(C#N)C#N)C1. The maximum Gasteiger partial charge on any atom is 0.169 e. The highest BCUT2D eigenvalue weighted by Gasteiger charge is 2.28. The van der Waals surface area contributed by atoms with Gasteiger partial charge in [0.25, 0.3) is 0 Å². The summed E-state index contributed by atoms with van der Waals surface area (Å²) in [6.45, 7) is 15.6. The standard InChI is InChI=1S/C24H40N6/c1-21-16-22(2)20-28(19-21)11-7-13-30-15-14-29(24(30)23(17-25)18-26)12-6-10-27-8-4-3-5-9-27/h21-22H,3-16,19-20H2,1-2H3. The molecule has 0 aromatic heterocycles. The van der Waals surface area contributed by atoms with E-state index in [0.717, 1.165) is 69.8 Å².